The molecule has 0 unspecified atom stereocenters. The van der Waals surface area contributed by atoms with E-state index in [0.717, 1.165) is 34.5 Å². The Morgan fingerprint density at radius 1 is 1.00 bits per heavy atom. The van der Waals surface area contributed by atoms with E-state index >= 15 is 0 Å². The number of rotatable bonds is 8. The van der Waals surface area contributed by atoms with E-state index in [1.165, 1.54) is 44.1 Å². The van der Waals surface area contributed by atoms with Crippen molar-refractivity contribution in [1.29, 1.82) is 0 Å². The van der Waals surface area contributed by atoms with Gasteiger partial charge in [0, 0.05) is 23.3 Å². The molecule has 6 rings (SSSR count). The highest BCUT2D eigenvalue weighted by molar-refractivity contribution is 5.89. The predicted octanol–water partition coefficient (Wildman–Crippen LogP) is 6.93. The lowest BCUT2D eigenvalue weighted by atomic mass is 9.93. The third kappa shape index (κ3) is 4.81. The molecular formula is C30H37N3O2. The first-order valence-electron chi connectivity index (χ1n) is 13.6. The molecule has 1 aliphatic heterocycles. The molecule has 1 saturated heterocycles. The van der Waals surface area contributed by atoms with Gasteiger partial charge in [-0.15, -0.1) is 0 Å². The standard InChI is InChI=1S/C30H37N3O2/c1-3-26-19(2)27(34-18-20-9-5-4-6-10-20)28(35-26)22-15-16-24-25(17-22)32-29(21-13-14-21)33-30(24)31-23-11-7-8-12-23/h4-6,9-10,15-17,19,21,23,26-28H,3,7-8,11-14,18H2,1-2H3,(H,31,32,33)/t19-,26-,27-,28+/m1/s1. The number of hydrogen-bond donors (Lipinski definition) is 1. The summed E-state index contributed by atoms with van der Waals surface area (Å²) in [5, 5.41) is 4.87. The minimum Gasteiger partial charge on any atom is -0.370 e. The summed E-state index contributed by atoms with van der Waals surface area (Å²) in [6.07, 6.45) is 8.58. The van der Waals surface area contributed by atoms with Gasteiger partial charge in [0.25, 0.3) is 0 Å². The largest absolute Gasteiger partial charge is 0.370 e. The van der Waals surface area contributed by atoms with Gasteiger partial charge in [0.2, 0.25) is 0 Å². The summed E-state index contributed by atoms with van der Waals surface area (Å²) in [6.45, 7) is 5.07. The Kier molecular flexibility index (Phi) is 6.46. The number of hydrogen-bond acceptors (Lipinski definition) is 5. The van der Waals surface area contributed by atoms with Crippen molar-refractivity contribution in [2.24, 2.45) is 5.92 Å². The number of nitrogens with zero attached hydrogens (tertiary/aromatic N) is 2. The average Bonchev–Trinajstić information content (AvgIpc) is 3.53. The Hall–Kier alpha value is -2.50. The van der Waals surface area contributed by atoms with E-state index in [-0.39, 0.29) is 18.3 Å². The van der Waals surface area contributed by atoms with E-state index in [0.29, 0.717) is 24.5 Å². The van der Waals surface area contributed by atoms with Crippen LogP contribution in [0.2, 0.25) is 0 Å². The molecule has 3 aliphatic rings. The van der Waals surface area contributed by atoms with Crippen molar-refractivity contribution in [3.8, 4) is 0 Å². The molecule has 0 radical (unpaired) electrons. The van der Waals surface area contributed by atoms with Crippen molar-refractivity contribution in [3.05, 3.63) is 65.5 Å². The molecule has 2 heterocycles. The Morgan fingerprint density at radius 3 is 2.54 bits per heavy atom. The summed E-state index contributed by atoms with van der Waals surface area (Å²) < 4.78 is 13.1. The summed E-state index contributed by atoms with van der Waals surface area (Å²) in [5.41, 5.74) is 3.38. The van der Waals surface area contributed by atoms with Crippen molar-refractivity contribution >= 4 is 16.7 Å². The number of anilines is 1. The van der Waals surface area contributed by atoms with E-state index in [1.54, 1.807) is 0 Å². The zero-order valence-electron chi connectivity index (χ0n) is 21.0. The summed E-state index contributed by atoms with van der Waals surface area (Å²) in [5.74, 6) is 2.86. The maximum absolute atomic E-state index is 6.60. The van der Waals surface area contributed by atoms with Gasteiger partial charge >= 0.3 is 0 Å². The molecule has 0 amide bonds. The van der Waals surface area contributed by atoms with E-state index in [2.05, 4.69) is 61.6 Å². The van der Waals surface area contributed by atoms with E-state index in [1.807, 2.05) is 6.07 Å². The maximum Gasteiger partial charge on any atom is 0.137 e. The maximum atomic E-state index is 6.60. The lowest BCUT2D eigenvalue weighted by molar-refractivity contribution is -0.0336. The summed E-state index contributed by atoms with van der Waals surface area (Å²) in [7, 11) is 0. The van der Waals surface area contributed by atoms with Gasteiger partial charge < -0.3 is 14.8 Å². The topological polar surface area (TPSA) is 56.3 Å². The molecule has 5 nitrogen and oxygen atoms in total. The van der Waals surface area contributed by atoms with Crippen LogP contribution < -0.4 is 5.32 Å². The monoisotopic (exact) mass is 471 g/mol. The fraction of sp³-hybridized carbons (Fsp3) is 0.533. The molecule has 2 aromatic carbocycles. The molecule has 1 N–H and O–H groups in total. The fourth-order valence-electron chi connectivity index (χ4n) is 5.86. The zero-order chi connectivity index (χ0) is 23.8. The molecule has 3 fully saturated rings. The number of nitrogens with one attached hydrogen (secondary N) is 1. The van der Waals surface area contributed by atoms with Crippen molar-refractivity contribution in [2.45, 2.75) is 95.7 Å². The molecule has 2 aliphatic carbocycles. The minimum absolute atomic E-state index is 0.0124. The minimum atomic E-state index is -0.0892. The second-order valence-corrected chi connectivity index (χ2v) is 10.7. The quantitative estimate of drug-likeness (QED) is 0.386. The van der Waals surface area contributed by atoms with Crippen molar-refractivity contribution in [3.63, 3.8) is 0 Å². The van der Waals surface area contributed by atoms with Crippen LogP contribution >= 0.6 is 0 Å². The first-order chi connectivity index (χ1) is 17.2. The van der Waals surface area contributed by atoms with Crippen LogP contribution in [-0.4, -0.2) is 28.2 Å². The highest BCUT2D eigenvalue weighted by Crippen LogP contribution is 2.43. The van der Waals surface area contributed by atoms with Crippen LogP contribution in [0, 0.1) is 5.92 Å². The molecule has 0 spiro atoms. The molecule has 1 aromatic heterocycles. The van der Waals surface area contributed by atoms with Crippen LogP contribution in [0.3, 0.4) is 0 Å². The van der Waals surface area contributed by atoms with E-state index in [9.17, 15) is 0 Å². The van der Waals surface area contributed by atoms with Crippen LogP contribution in [0.15, 0.2) is 48.5 Å². The van der Waals surface area contributed by atoms with Gasteiger partial charge in [-0.25, -0.2) is 9.97 Å². The molecule has 4 atom stereocenters. The Bertz CT molecular complexity index is 1160. The predicted molar refractivity (Wildman–Crippen MR) is 139 cm³/mol. The molecule has 3 aromatic rings. The summed E-state index contributed by atoms with van der Waals surface area (Å²) in [4.78, 5) is 10.0. The summed E-state index contributed by atoms with van der Waals surface area (Å²) >= 11 is 0. The molecule has 184 valence electrons. The van der Waals surface area contributed by atoms with Crippen LogP contribution in [0.4, 0.5) is 5.82 Å². The van der Waals surface area contributed by atoms with Crippen LogP contribution in [0.5, 0.6) is 0 Å². The Labute approximate surface area is 208 Å². The molecule has 5 heteroatoms. The lowest BCUT2D eigenvalue weighted by Gasteiger charge is -2.23. The third-order valence-electron chi connectivity index (χ3n) is 8.12. The molecule has 0 bridgehead atoms. The third-order valence-corrected chi connectivity index (χ3v) is 8.12. The fourth-order valence-corrected chi connectivity index (χ4v) is 5.86. The van der Waals surface area contributed by atoms with E-state index < -0.39 is 0 Å². The molecule has 35 heavy (non-hydrogen) atoms. The summed E-state index contributed by atoms with van der Waals surface area (Å²) in [6, 6.07) is 17.6. The van der Waals surface area contributed by atoms with Gasteiger partial charge in [-0.1, -0.05) is 63.1 Å². The smallest absolute Gasteiger partial charge is 0.137 e. The van der Waals surface area contributed by atoms with Gasteiger partial charge in [-0.05, 0) is 55.4 Å². The first kappa shape index (κ1) is 22.9. The normalized spacial score (nSPS) is 27.0. The van der Waals surface area contributed by atoms with Crippen molar-refractivity contribution < 1.29 is 9.47 Å². The Balaban J connectivity index is 1.31. The van der Waals surface area contributed by atoms with Crippen LogP contribution in [0.1, 0.15) is 87.8 Å². The highest BCUT2D eigenvalue weighted by atomic mass is 16.6. The zero-order valence-corrected chi connectivity index (χ0v) is 21.0. The average molecular weight is 472 g/mol. The second kappa shape index (κ2) is 9.87. The van der Waals surface area contributed by atoms with Crippen LogP contribution in [-0.2, 0) is 16.1 Å². The number of ether oxygens (including phenoxy) is 2. The van der Waals surface area contributed by atoms with E-state index in [4.69, 9.17) is 19.4 Å². The van der Waals surface area contributed by atoms with Crippen molar-refractivity contribution in [2.75, 3.05) is 5.32 Å². The van der Waals surface area contributed by atoms with Crippen LogP contribution in [0.25, 0.3) is 10.9 Å². The number of benzene rings is 2. The number of fused-ring (bicyclic) bond motifs is 1. The van der Waals surface area contributed by atoms with Gasteiger partial charge in [-0.2, -0.15) is 0 Å². The van der Waals surface area contributed by atoms with Gasteiger partial charge in [0.15, 0.2) is 0 Å². The van der Waals surface area contributed by atoms with Gasteiger partial charge in [0.05, 0.1) is 24.3 Å². The van der Waals surface area contributed by atoms with Gasteiger partial charge in [0.1, 0.15) is 17.7 Å². The SMILES string of the molecule is CC[C@H]1O[C@@H](c2ccc3c(NC4CCCC4)nc(C4CC4)nc3c2)[C@H](OCc2ccccc2)[C@@H]1C. The Morgan fingerprint density at radius 2 is 1.80 bits per heavy atom. The van der Waals surface area contributed by atoms with Crippen molar-refractivity contribution in [1.82, 2.24) is 9.97 Å². The van der Waals surface area contributed by atoms with Gasteiger partial charge in [-0.3, -0.25) is 0 Å². The lowest BCUT2D eigenvalue weighted by Crippen LogP contribution is -2.25. The molecular weight excluding hydrogens is 434 g/mol. The first-order valence-corrected chi connectivity index (χ1v) is 13.6. The highest BCUT2D eigenvalue weighted by Gasteiger charge is 2.42. The molecule has 2 saturated carbocycles. The second-order valence-electron chi connectivity index (χ2n) is 10.7. The number of aromatic nitrogens is 2.